The maximum Gasteiger partial charge on any atom is 0.168 e. The van der Waals surface area contributed by atoms with E-state index < -0.39 is 0 Å². The molecule has 0 fully saturated rings. The average Bonchev–Trinajstić information content (AvgIpc) is 2.70. The molecule has 2 rings (SSSR count). The number of rotatable bonds is 2. The zero-order valence-electron chi connectivity index (χ0n) is 8.14. The molecule has 0 N–H and O–H groups in total. The molecule has 0 aliphatic carbocycles. The molecule has 4 heteroatoms. The summed E-state index contributed by atoms with van der Waals surface area (Å²) in [6.07, 6.45) is 2.37. The van der Waals surface area contributed by atoms with E-state index in [4.69, 9.17) is 11.6 Å². The minimum absolute atomic E-state index is 0.525. The van der Waals surface area contributed by atoms with Gasteiger partial charge in [-0.1, -0.05) is 11.6 Å². The van der Waals surface area contributed by atoms with Crippen LogP contribution < -0.4 is 0 Å². The Labute approximate surface area is 92.3 Å². The fraction of sp³-hybridized carbons (Fsp3) is 0.0909. The third-order valence-electron chi connectivity index (χ3n) is 2.18. The van der Waals surface area contributed by atoms with Crippen molar-refractivity contribution < 1.29 is 4.79 Å². The van der Waals surface area contributed by atoms with Gasteiger partial charge >= 0.3 is 0 Å². The fourth-order valence-corrected chi connectivity index (χ4v) is 1.50. The van der Waals surface area contributed by atoms with Crippen molar-refractivity contribution >= 4 is 17.9 Å². The van der Waals surface area contributed by atoms with Gasteiger partial charge in [-0.25, -0.2) is 4.68 Å². The molecule has 1 aromatic carbocycles. The first kappa shape index (κ1) is 9.93. The average molecular weight is 221 g/mol. The van der Waals surface area contributed by atoms with Crippen molar-refractivity contribution in [1.29, 1.82) is 0 Å². The van der Waals surface area contributed by atoms with Crippen LogP contribution in [0.15, 0.2) is 30.5 Å². The van der Waals surface area contributed by atoms with Crippen LogP contribution in [-0.4, -0.2) is 16.1 Å². The van der Waals surface area contributed by atoms with E-state index in [0.717, 1.165) is 17.5 Å². The van der Waals surface area contributed by atoms with E-state index in [2.05, 4.69) is 5.10 Å². The number of nitrogens with zero attached hydrogens (tertiary/aromatic N) is 2. The van der Waals surface area contributed by atoms with E-state index in [0.29, 0.717) is 10.7 Å². The number of aldehydes is 1. The zero-order chi connectivity index (χ0) is 10.8. The van der Waals surface area contributed by atoms with Gasteiger partial charge in [-0.15, -0.1) is 0 Å². The highest BCUT2D eigenvalue weighted by atomic mass is 35.5. The standard InChI is InChI=1S/C11H9ClN2O/c1-8-6-9(2-3-11(8)12)14-10(7-15)4-5-13-14/h2-7H,1H3. The van der Waals surface area contributed by atoms with E-state index in [-0.39, 0.29) is 0 Å². The first-order valence-electron chi connectivity index (χ1n) is 4.48. The Kier molecular flexibility index (Phi) is 2.56. The van der Waals surface area contributed by atoms with E-state index >= 15 is 0 Å². The van der Waals surface area contributed by atoms with Crippen molar-refractivity contribution in [2.24, 2.45) is 0 Å². The topological polar surface area (TPSA) is 34.9 Å². The number of benzene rings is 1. The first-order valence-corrected chi connectivity index (χ1v) is 4.86. The maximum absolute atomic E-state index is 10.7. The van der Waals surface area contributed by atoms with E-state index in [1.54, 1.807) is 23.0 Å². The summed E-state index contributed by atoms with van der Waals surface area (Å²) in [4.78, 5) is 10.7. The lowest BCUT2D eigenvalue weighted by molar-refractivity contribution is 0.111. The summed E-state index contributed by atoms with van der Waals surface area (Å²) in [6, 6.07) is 7.18. The molecular weight excluding hydrogens is 212 g/mol. The molecule has 0 saturated heterocycles. The quantitative estimate of drug-likeness (QED) is 0.730. The number of hydrogen-bond donors (Lipinski definition) is 0. The van der Waals surface area contributed by atoms with E-state index in [9.17, 15) is 4.79 Å². The molecule has 1 heterocycles. The molecule has 0 spiro atoms. The molecule has 2 aromatic rings. The Bertz CT molecular complexity index is 505. The highest BCUT2D eigenvalue weighted by Gasteiger charge is 2.04. The van der Waals surface area contributed by atoms with Crippen LogP contribution in [0.3, 0.4) is 0 Å². The molecule has 0 aliphatic rings. The van der Waals surface area contributed by atoms with Gasteiger partial charge in [0.05, 0.1) is 11.9 Å². The van der Waals surface area contributed by atoms with E-state index in [1.807, 2.05) is 19.1 Å². The Morgan fingerprint density at radius 2 is 2.20 bits per heavy atom. The van der Waals surface area contributed by atoms with Crippen LogP contribution in [0.25, 0.3) is 5.69 Å². The minimum atomic E-state index is 0.525. The second kappa shape index (κ2) is 3.87. The van der Waals surface area contributed by atoms with Crippen molar-refractivity contribution in [3.63, 3.8) is 0 Å². The summed E-state index contributed by atoms with van der Waals surface area (Å²) in [5, 5.41) is 4.78. The number of carbonyl (C=O) groups excluding carboxylic acids is 1. The normalized spacial score (nSPS) is 10.3. The van der Waals surface area contributed by atoms with Crippen molar-refractivity contribution in [3.05, 3.63) is 46.7 Å². The minimum Gasteiger partial charge on any atom is -0.296 e. The fourth-order valence-electron chi connectivity index (χ4n) is 1.38. The Morgan fingerprint density at radius 1 is 1.40 bits per heavy atom. The van der Waals surface area contributed by atoms with Crippen LogP contribution in [0.2, 0.25) is 5.02 Å². The van der Waals surface area contributed by atoms with Crippen molar-refractivity contribution in [3.8, 4) is 5.69 Å². The summed E-state index contributed by atoms with van der Waals surface area (Å²) in [5.41, 5.74) is 2.32. The summed E-state index contributed by atoms with van der Waals surface area (Å²) >= 11 is 5.92. The summed E-state index contributed by atoms with van der Waals surface area (Å²) < 4.78 is 1.58. The predicted molar refractivity (Wildman–Crippen MR) is 58.7 cm³/mol. The predicted octanol–water partition coefficient (Wildman–Crippen LogP) is 2.65. The van der Waals surface area contributed by atoms with Crippen molar-refractivity contribution in [2.75, 3.05) is 0 Å². The van der Waals surface area contributed by atoms with Gasteiger partial charge in [0.15, 0.2) is 6.29 Å². The van der Waals surface area contributed by atoms with Gasteiger partial charge in [0, 0.05) is 5.02 Å². The van der Waals surface area contributed by atoms with Gasteiger partial charge in [0.1, 0.15) is 5.69 Å². The van der Waals surface area contributed by atoms with Crippen LogP contribution in [0.4, 0.5) is 0 Å². The van der Waals surface area contributed by atoms with Crippen LogP contribution >= 0.6 is 11.6 Å². The van der Waals surface area contributed by atoms with Gasteiger partial charge in [-0.05, 0) is 36.8 Å². The molecule has 0 saturated carbocycles. The highest BCUT2D eigenvalue weighted by Crippen LogP contribution is 2.19. The molecule has 1 aromatic heterocycles. The third kappa shape index (κ3) is 1.78. The molecule has 0 aliphatic heterocycles. The lowest BCUT2D eigenvalue weighted by atomic mass is 10.2. The van der Waals surface area contributed by atoms with Crippen LogP contribution in [0.5, 0.6) is 0 Å². The number of halogens is 1. The molecule has 0 atom stereocenters. The van der Waals surface area contributed by atoms with E-state index in [1.165, 1.54) is 0 Å². The molecule has 0 radical (unpaired) electrons. The van der Waals surface area contributed by atoms with Gasteiger partial charge in [-0.2, -0.15) is 5.10 Å². The van der Waals surface area contributed by atoms with Crippen molar-refractivity contribution in [2.45, 2.75) is 6.92 Å². The Hall–Kier alpha value is -1.61. The van der Waals surface area contributed by atoms with Gasteiger partial charge in [0.25, 0.3) is 0 Å². The first-order chi connectivity index (χ1) is 7.22. The number of aromatic nitrogens is 2. The number of carbonyl (C=O) groups is 1. The molecule has 3 nitrogen and oxygen atoms in total. The van der Waals surface area contributed by atoms with Crippen LogP contribution in [-0.2, 0) is 0 Å². The summed E-state index contributed by atoms with van der Waals surface area (Å²) in [7, 11) is 0. The highest BCUT2D eigenvalue weighted by molar-refractivity contribution is 6.31. The molecule has 0 amide bonds. The molecule has 0 bridgehead atoms. The number of hydrogen-bond acceptors (Lipinski definition) is 2. The zero-order valence-corrected chi connectivity index (χ0v) is 8.90. The molecule has 15 heavy (non-hydrogen) atoms. The van der Waals surface area contributed by atoms with Gasteiger partial charge in [-0.3, -0.25) is 4.79 Å². The maximum atomic E-state index is 10.7. The lowest BCUT2D eigenvalue weighted by Gasteiger charge is -2.05. The Morgan fingerprint density at radius 3 is 2.87 bits per heavy atom. The third-order valence-corrected chi connectivity index (χ3v) is 2.60. The monoisotopic (exact) mass is 220 g/mol. The van der Waals surface area contributed by atoms with Gasteiger partial charge in [0.2, 0.25) is 0 Å². The van der Waals surface area contributed by atoms with Gasteiger partial charge < -0.3 is 0 Å². The summed E-state index contributed by atoms with van der Waals surface area (Å²) in [5.74, 6) is 0. The Balaban J connectivity index is 2.54. The lowest BCUT2D eigenvalue weighted by Crippen LogP contribution is -2.01. The second-order valence-corrected chi connectivity index (χ2v) is 3.63. The summed E-state index contributed by atoms with van der Waals surface area (Å²) in [6.45, 7) is 1.91. The number of aryl methyl sites for hydroxylation is 1. The van der Waals surface area contributed by atoms with Crippen LogP contribution in [0.1, 0.15) is 16.1 Å². The smallest absolute Gasteiger partial charge is 0.168 e. The largest absolute Gasteiger partial charge is 0.296 e. The molecule has 0 unspecified atom stereocenters. The SMILES string of the molecule is Cc1cc(-n2nccc2C=O)ccc1Cl. The van der Waals surface area contributed by atoms with Crippen molar-refractivity contribution in [1.82, 2.24) is 9.78 Å². The van der Waals surface area contributed by atoms with Crippen LogP contribution in [0, 0.1) is 6.92 Å². The second-order valence-electron chi connectivity index (χ2n) is 3.22. The molecule has 76 valence electrons. The molecular formula is C11H9ClN2O.